The van der Waals surface area contributed by atoms with Crippen molar-refractivity contribution in [2.75, 3.05) is 5.32 Å². The van der Waals surface area contributed by atoms with Gasteiger partial charge in [-0.3, -0.25) is 10.1 Å². The minimum atomic E-state index is -0.389. The molecule has 0 aliphatic rings. The van der Waals surface area contributed by atoms with Gasteiger partial charge in [0.2, 0.25) is 5.82 Å². The Bertz CT molecular complexity index is 599. The van der Waals surface area contributed by atoms with Crippen molar-refractivity contribution in [3.63, 3.8) is 0 Å². The van der Waals surface area contributed by atoms with Crippen molar-refractivity contribution in [3.8, 4) is 0 Å². The van der Waals surface area contributed by atoms with Gasteiger partial charge in [0.25, 0.3) is 0 Å². The lowest BCUT2D eigenvalue weighted by Gasteiger charge is -2.15. The molecule has 2 aromatic rings. The van der Waals surface area contributed by atoms with Crippen LogP contribution in [0, 0.1) is 17.0 Å². The van der Waals surface area contributed by atoms with E-state index in [1.54, 1.807) is 19.2 Å². The molecule has 1 atom stereocenters. The van der Waals surface area contributed by atoms with E-state index in [0.29, 0.717) is 11.4 Å². The van der Waals surface area contributed by atoms with Crippen LogP contribution in [0.2, 0.25) is 0 Å². The summed E-state index contributed by atoms with van der Waals surface area (Å²) in [5, 5.41) is 14.2. The van der Waals surface area contributed by atoms with Crippen LogP contribution in [0.4, 0.5) is 11.5 Å². The molecular weight excluding hydrogens is 254 g/mol. The molecule has 0 saturated carbocycles. The third kappa shape index (κ3) is 3.32. The second-order valence-electron chi connectivity index (χ2n) is 4.82. The maximum atomic E-state index is 11.1. The van der Waals surface area contributed by atoms with E-state index in [1.807, 2.05) is 37.3 Å². The summed E-state index contributed by atoms with van der Waals surface area (Å²) >= 11 is 0. The standard InChI is InChI=1S/C15H17N3O2/c1-11-8-9-16-15(14(11)18(19)20)17-12(2)10-13-6-4-3-5-7-13/h3-9,12H,10H2,1-2H3,(H,16,17). The zero-order valence-electron chi connectivity index (χ0n) is 11.5. The Morgan fingerprint density at radius 2 is 2.00 bits per heavy atom. The molecule has 1 N–H and O–H groups in total. The van der Waals surface area contributed by atoms with Gasteiger partial charge in [-0.25, -0.2) is 4.98 Å². The van der Waals surface area contributed by atoms with E-state index >= 15 is 0 Å². The fourth-order valence-electron chi connectivity index (χ4n) is 2.14. The molecule has 0 aliphatic heterocycles. The number of aryl methyl sites for hydroxylation is 1. The Labute approximate surface area is 117 Å². The Morgan fingerprint density at radius 1 is 1.30 bits per heavy atom. The summed E-state index contributed by atoms with van der Waals surface area (Å²) < 4.78 is 0. The van der Waals surface area contributed by atoms with Gasteiger partial charge in [-0.05, 0) is 31.9 Å². The van der Waals surface area contributed by atoms with E-state index in [2.05, 4.69) is 10.3 Å². The van der Waals surface area contributed by atoms with Crippen LogP contribution in [0.5, 0.6) is 0 Å². The normalized spacial score (nSPS) is 11.9. The smallest absolute Gasteiger partial charge is 0.314 e. The highest BCUT2D eigenvalue weighted by Gasteiger charge is 2.19. The Balaban J connectivity index is 2.14. The fourth-order valence-corrected chi connectivity index (χ4v) is 2.14. The molecule has 1 aromatic heterocycles. The predicted octanol–water partition coefficient (Wildman–Crippen LogP) is 3.34. The number of pyridine rings is 1. The third-order valence-electron chi connectivity index (χ3n) is 3.08. The number of nitrogens with zero attached hydrogens (tertiary/aromatic N) is 2. The molecular formula is C15H17N3O2. The van der Waals surface area contributed by atoms with Crippen molar-refractivity contribution in [2.45, 2.75) is 26.3 Å². The lowest BCUT2D eigenvalue weighted by Crippen LogP contribution is -2.20. The minimum Gasteiger partial charge on any atom is -0.362 e. The third-order valence-corrected chi connectivity index (χ3v) is 3.08. The van der Waals surface area contributed by atoms with Gasteiger partial charge in [-0.15, -0.1) is 0 Å². The van der Waals surface area contributed by atoms with Crippen molar-refractivity contribution in [2.24, 2.45) is 0 Å². The maximum Gasteiger partial charge on any atom is 0.314 e. The number of anilines is 1. The lowest BCUT2D eigenvalue weighted by atomic mass is 10.1. The van der Waals surface area contributed by atoms with E-state index < -0.39 is 0 Å². The van der Waals surface area contributed by atoms with Gasteiger partial charge in [0.1, 0.15) is 0 Å². The number of rotatable bonds is 5. The lowest BCUT2D eigenvalue weighted by molar-refractivity contribution is -0.384. The molecule has 2 rings (SSSR count). The highest BCUT2D eigenvalue weighted by Crippen LogP contribution is 2.26. The first-order chi connectivity index (χ1) is 9.58. The van der Waals surface area contributed by atoms with Gasteiger partial charge >= 0.3 is 5.69 Å². The predicted molar refractivity (Wildman–Crippen MR) is 78.9 cm³/mol. The average Bonchev–Trinajstić information content (AvgIpc) is 2.39. The van der Waals surface area contributed by atoms with Crippen LogP contribution in [0.1, 0.15) is 18.1 Å². The summed E-state index contributed by atoms with van der Waals surface area (Å²) in [5.41, 5.74) is 1.84. The molecule has 5 nitrogen and oxygen atoms in total. The Morgan fingerprint density at radius 3 is 2.65 bits per heavy atom. The molecule has 5 heteroatoms. The molecule has 0 radical (unpaired) electrons. The highest BCUT2D eigenvalue weighted by molar-refractivity contribution is 5.60. The zero-order chi connectivity index (χ0) is 14.5. The van der Waals surface area contributed by atoms with Crippen LogP contribution in [0.15, 0.2) is 42.6 Å². The second kappa shape index (κ2) is 6.14. The van der Waals surface area contributed by atoms with Gasteiger partial charge in [-0.1, -0.05) is 30.3 Å². The summed E-state index contributed by atoms with van der Waals surface area (Å²) in [4.78, 5) is 14.8. The summed E-state index contributed by atoms with van der Waals surface area (Å²) in [5.74, 6) is 0.332. The molecule has 104 valence electrons. The minimum absolute atomic E-state index is 0.0485. The van der Waals surface area contributed by atoms with E-state index in [4.69, 9.17) is 0 Å². The van der Waals surface area contributed by atoms with E-state index in [9.17, 15) is 10.1 Å². The van der Waals surface area contributed by atoms with E-state index in [0.717, 1.165) is 6.42 Å². The summed E-state index contributed by atoms with van der Waals surface area (Å²) in [6.07, 6.45) is 2.37. The number of aromatic nitrogens is 1. The molecule has 0 fully saturated rings. The molecule has 1 aromatic carbocycles. The molecule has 0 aliphatic carbocycles. The van der Waals surface area contributed by atoms with Crippen LogP contribution >= 0.6 is 0 Å². The Kier molecular flexibility index (Phi) is 4.30. The summed E-state index contributed by atoms with van der Waals surface area (Å²) in [7, 11) is 0. The van der Waals surface area contributed by atoms with E-state index in [1.165, 1.54) is 5.56 Å². The van der Waals surface area contributed by atoms with E-state index in [-0.39, 0.29) is 16.7 Å². The molecule has 0 bridgehead atoms. The quantitative estimate of drug-likeness (QED) is 0.669. The molecule has 0 spiro atoms. The van der Waals surface area contributed by atoms with Crippen molar-refractivity contribution < 1.29 is 4.92 Å². The number of hydrogen-bond acceptors (Lipinski definition) is 4. The molecule has 0 amide bonds. The topological polar surface area (TPSA) is 68.1 Å². The van der Waals surface area contributed by atoms with Crippen LogP contribution in [0.25, 0.3) is 0 Å². The van der Waals surface area contributed by atoms with Crippen LogP contribution in [0.3, 0.4) is 0 Å². The molecule has 1 heterocycles. The average molecular weight is 271 g/mol. The van der Waals surface area contributed by atoms with Crippen LogP contribution < -0.4 is 5.32 Å². The van der Waals surface area contributed by atoms with Crippen molar-refractivity contribution in [1.82, 2.24) is 4.98 Å². The first-order valence-corrected chi connectivity index (χ1v) is 6.48. The SMILES string of the molecule is Cc1ccnc(NC(C)Cc2ccccc2)c1[N+](=O)[O-]. The highest BCUT2D eigenvalue weighted by atomic mass is 16.6. The number of hydrogen-bond donors (Lipinski definition) is 1. The zero-order valence-corrected chi connectivity index (χ0v) is 11.5. The molecule has 20 heavy (non-hydrogen) atoms. The van der Waals surface area contributed by atoms with Crippen molar-refractivity contribution in [1.29, 1.82) is 0 Å². The second-order valence-corrected chi connectivity index (χ2v) is 4.82. The van der Waals surface area contributed by atoms with Gasteiger partial charge in [0, 0.05) is 17.8 Å². The summed E-state index contributed by atoms with van der Waals surface area (Å²) in [6, 6.07) is 11.7. The van der Waals surface area contributed by atoms with Crippen molar-refractivity contribution >= 4 is 11.5 Å². The summed E-state index contributed by atoms with van der Waals surface area (Å²) in [6.45, 7) is 3.70. The fraction of sp³-hybridized carbons (Fsp3) is 0.267. The van der Waals surface area contributed by atoms with Crippen LogP contribution in [-0.4, -0.2) is 15.9 Å². The monoisotopic (exact) mass is 271 g/mol. The Hall–Kier alpha value is -2.43. The van der Waals surface area contributed by atoms with Gasteiger partial charge in [0.05, 0.1) is 4.92 Å². The van der Waals surface area contributed by atoms with Gasteiger partial charge in [0.15, 0.2) is 0 Å². The first-order valence-electron chi connectivity index (χ1n) is 6.48. The number of nitro groups is 1. The number of nitrogens with one attached hydrogen (secondary N) is 1. The van der Waals surface area contributed by atoms with Gasteiger partial charge in [-0.2, -0.15) is 0 Å². The first kappa shape index (κ1) is 14.0. The maximum absolute atomic E-state index is 11.1. The molecule has 0 saturated heterocycles. The van der Waals surface area contributed by atoms with Gasteiger partial charge < -0.3 is 5.32 Å². The van der Waals surface area contributed by atoms with Crippen molar-refractivity contribution in [3.05, 3.63) is 63.8 Å². The number of benzene rings is 1. The molecule has 1 unspecified atom stereocenters. The largest absolute Gasteiger partial charge is 0.362 e. The van der Waals surface area contributed by atoms with Crippen LogP contribution in [-0.2, 0) is 6.42 Å².